The van der Waals surface area contributed by atoms with Crippen molar-refractivity contribution in [3.05, 3.63) is 101 Å². The van der Waals surface area contributed by atoms with Crippen LogP contribution in [0.15, 0.2) is 73.1 Å². The molecule has 0 spiro atoms. The Morgan fingerprint density at radius 2 is 1.82 bits per heavy atom. The van der Waals surface area contributed by atoms with Crippen LogP contribution in [0.25, 0.3) is 5.52 Å². The van der Waals surface area contributed by atoms with Crippen LogP contribution in [-0.4, -0.2) is 14.4 Å². The van der Waals surface area contributed by atoms with Gasteiger partial charge in [0.05, 0.1) is 5.52 Å². The fourth-order valence-electron chi connectivity index (χ4n) is 3.51. The molecule has 3 aromatic heterocycles. The van der Waals surface area contributed by atoms with Crippen LogP contribution in [-0.2, 0) is 12.8 Å². The van der Waals surface area contributed by atoms with Gasteiger partial charge in [0.2, 0.25) is 0 Å². The number of halogens is 1. The maximum absolute atomic E-state index is 13.2. The molecule has 140 valence electrons. The number of nitrogens with one attached hydrogen (secondary N) is 1. The fraction of sp³-hybridized carbons (Fsp3) is 0.130. The van der Waals surface area contributed by atoms with Crippen molar-refractivity contribution in [1.82, 2.24) is 9.38 Å². The second-order valence-corrected chi connectivity index (χ2v) is 7.09. The van der Waals surface area contributed by atoms with Gasteiger partial charge in [-0.25, -0.2) is 4.39 Å². The number of aryl methyl sites for hydroxylation is 2. The molecule has 0 radical (unpaired) electrons. The molecular weight excluding hydrogens is 369 g/mol. The lowest BCUT2D eigenvalue weighted by Gasteiger charge is -2.09. The van der Waals surface area contributed by atoms with Crippen molar-refractivity contribution in [3.8, 4) is 0 Å². The molecule has 0 fully saturated rings. The van der Waals surface area contributed by atoms with Crippen LogP contribution >= 0.6 is 12.2 Å². The summed E-state index contributed by atoms with van der Waals surface area (Å²) in [5.74, 6) is -0.265. The highest BCUT2D eigenvalue weighted by atomic mass is 32.1. The molecule has 5 heteroatoms. The van der Waals surface area contributed by atoms with Gasteiger partial charge in [-0.1, -0.05) is 24.4 Å². The van der Waals surface area contributed by atoms with Crippen molar-refractivity contribution in [2.45, 2.75) is 19.8 Å². The maximum Gasteiger partial charge on any atom is 0.123 e. The molecule has 0 aliphatic carbocycles. The summed E-state index contributed by atoms with van der Waals surface area (Å²) in [4.78, 5) is 5.07. The first-order chi connectivity index (χ1) is 13.6. The summed E-state index contributed by atoms with van der Waals surface area (Å²) < 4.78 is 15.4. The first kappa shape index (κ1) is 18.3. The summed E-state index contributed by atoms with van der Waals surface area (Å²) in [5, 5.41) is 3.24. The minimum Gasteiger partial charge on any atom is -0.346 e. The number of fused-ring (bicyclic) bond motifs is 1. The molecule has 28 heavy (non-hydrogen) atoms. The van der Waals surface area contributed by atoms with E-state index in [-0.39, 0.29) is 5.82 Å². The van der Waals surface area contributed by atoms with Crippen LogP contribution in [0, 0.1) is 12.7 Å². The molecule has 0 aliphatic heterocycles. The Balaban J connectivity index is 1.67. The van der Waals surface area contributed by atoms with Gasteiger partial charge in [-0.15, -0.1) is 0 Å². The van der Waals surface area contributed by atoms with Gasteiger partial charge in [0.15, 0.2) is 0 Å². The van der Waals surface area contributed by atoms with Gasteiger partial charge in [0.25, 0.3) is 0 Å². The third-order valence-electron chi connectivity index (χ3n) is 4.89. The molecule has 1 aromatic carbocycles. The van der Waals surface area contributed by atoms with Crippen LogP contribution in [0.1, 0.15) is 22.5 Å². The lowest BCUT2D eigenvalue weighted by Crippen LogP contribution is -2.11. The molecule has 0 saturated heterocycles. The number of aromatic nitrogens is 2. The Morgan fingerprint density at radius 1 is 1.04 bits per heavy atom. The molecule has 0 unspecified atom stereocenters. The van der Waals surface area contributed by atoms with Crippen LogP contribution in [0.3, 0.4) is 0 Å². The second-order valence-electron chi connectivity index (χ2n) is 6.68. The van der Waals surface area contributed by atoms with Crippen LogP contribution in [0.2, 0.25) is 0 Å². The Morgan fingerprint density at radius 3 is 2.57 bits per heavy atom. The van der Waals surface area contributed by atoms with E-state index in [9.17, 15) is 4.39 Å². The van der Waals surface area contributed by atoms with Gasteiger partial charge in [-0.05, 0) is 73.9 Å². The summed E-state index contributed by atoms with van der Waals surface area (Å²) in [5.41, 5.74) is 6.30. The molecule has 3 heterocycles. The predicted octanol–water partition coefficient (Wildman–Crippen LogP) is 5.35. The van der Waals surface area contributed by atoms with Gasteiger partial charge in [0.1, 0.15) is 10.8 Å². The number of anilines is 1. The molecule has 1 N–H and O–H groups in total. The molecule has 4 aromatic rings. The lowest BCUT2D eigenvalue weighted by molar-refractivity contribution is 0.628. The SMILES string of the molecule is Cc1c(C(=S)Nc2ccc(F)cc2)c2ccccn2c1CCc1ccccn1. The normalized spacial score (nSPS) is 10.9. The number of benzene rings is 1. The van der Waals surface area contributed by atoms with E-state index in [2.05, 4.69) is 33.9 Å². The standard InChI is InChI=1S/C23H20FN3S/c1-16-20(13-12-18-6-2-4-14-25-18)27-15-5-3-7-21(27)22(16)23(28)26-19-10-8-17(24)9-11-19/h2-11,14-15H,12-13H2,1H3,(H,26,28). The second kappa shape index (κ2) is 7.90. The highest BCUT2D eigenvalue weighted by Crippen LogP contribution is 2.26. The molecule has 0 aliphatic rings. The number of rotatable bonds is 5. The van der Waals surface area contributed by atoms with Crippen molar-refractivity contribution in [1.29, 1.82) is 0 Å². The van der Waals surface area contributed by atoms with E-state index in [4.69, 9.17) is 12.2 Å². The van der Waals surface area contributed by atoms with Gasteiger partial charge >= 0.3 is 0 Å². The molecule has 0 amide bonds. The Kier molecular flexibility index (Phi) is 5.17. The average molecular weight is 389 g/mol. The smallest absolute Gasteiger partial charge is 0.123 e. The third-order valence-corrected chi connectivity index (χ3v) is 5.19. The van der Waals surface area contributed by atoms with Crippen molar-refractivity contribution in [2.24, 2.45) is 0 Å². The van der Waals surface area contributed by atoms with E-state index >= 15 is 0 Å². The third kappa shape index (κ3) is 3.66. The summed E-state index contributed by atoms with van der Waals surface area (Å²) in [6.45, 7) is 2.11. The first-order valence-corrected chi connectivity index (χ1v) is 9.59. The highest BCUT2D eigenvalue weighted by Gasteiger charge is 2.18. The fourth-order valence-corrected chi connectivity index (χ4v) is 3.89. The van der Waals surface area contributed by atoms with Gasteiger partial charge in [0, 0.05) is 35.0 Å². The Bertz CT molecular complexity index is 1120. The number of pyridine rings is 2. The Labute approximate surface area is 168 Å². The van der Waals surface area contributed by atoms with E-state index in [1.807, 2.05) is 36.5 Å². The molecule has 3 nitrogen and oxygen atoms in total. The topological polar surface area (TPSA) is 29.3 Å². The predicted molar refractivity (Wildman–Crippen MR) is 116 cm³/mol. The minimum atomic E-state index is -0.265. The summed E-state index contributed by atoms with van der Waals surface area (Å²) in [6.07, 6.45) is 5.62. The zero-order chi connectivity index (χ0) is 19.5. The molecule has 0 saturated carbocycles. The van der Waals surface area contributed by atoms with E-state index < -0.39 is 0 Å². The molecule has 4 rings (SSSR count). The van der Waals surface area contributed by atoms with Gasteiger partial charge in [-0.2, -0.15) is 0 Å². The number of hydrogen-bond donors (Lipinski definition) is 1. The monoisotopic (exact) mass is 389 g/mol. The number of hydrogen-bond acceptors (Lipinski definition) is 2. The zero-order valence-corrected chi connectivity index (χ0v) is 16.3. The summed E-state index contributed by atoms with van der Waals surface area (Å²) in [7, 11) is 0. The minimum absolute atomic E-state index is 0.265. The lowest BCUT2D eigenvalue weighted by atomic mass is 10.1. The molecule has 0 atom stereocenters. The van der Waals surface area contributed by atoms with Crippen molar-refractivity contribution in [2.75, 3.05) is 5.32 Å². The van der Waals surface area contributed by atoms with Crippen LogP contribution in [0.5, 0.6) is 0 Å². The van der Waals surface area contributed by atoms with Crippen LogP contribution < -0.4 is 5.32 Å². The summed E-state index contributed by atoms with van der Waals surface area (Å²) >= 11 is 5.71. The number of nitrogens with zero attached hydrogens (tertiary/aromatic N) is 2. The Hall–Kier alpha value is -3.05. The maximum atomic E-state index is 13.2. The van der Waals surface area contributed by atoms with E-state index in [0.29, 0.717) is 4.99 Å². The first-order valence-electron chi connectivity index (χ1n) is 9.19. The van der Waals surface area contributed by atoms with Gasteiger partial charge in [-0.3, -0.25) is 4.98 Å². The molecular formula is C23H20FN3S. The average Bonchev–Trinajstić information content (AvgIpc) is 3.00. The zero-order valence-electron chi connectivity index (χ0n) is 15.5. The molecule has 0 bridgehead atoms. The quantitative estimate of drug-likeness (QED) is 0.466. The van der Waals surface area contributed by atoms with E-state index in [1.54, 1.807) is 12.1 Å². The van der Waals surface area contributed by atoms with Crippen LogP contribution in [0.4, 0.5) is 10.1 Å². The number of thiocarbonyl (C=S) groups is 1. The van der Waals surface area contributed by atoms with Crippen molar-refractivity contribution < 1.29 is 4.39 Å². The van der Waals surface area contributed by atoms with E-state index in [1.165, 1.54) is 17.8 Å². The van der Waals surface area contributed by atoms with Gasteiger partial charge < -0.3 is 9.72 Å². The summed E-state index contributed by atoms with van der Waals surface area (Å²) in [6, 6.07) is 18.3. The highest BCUT2D eigenvalue weighted by molar-refractivity contribution is 7.81. The largest absolute Gasteiger partial charge is 0.346 e. The van der Waals surface area contributed by atoms with Crippen molar-refractivity contribution in [3.63, 3.8) is 0 Å². The van der Waals surface area contributed by atoms with E-state index in [0.717, 1.165) is 40.9 Å². The van der Waals surface area contributed by atoms with Crippen molar-refractivity contribution >= 4 is 28.4 Å².